The van der Waals surface area contributed by atoms with E-state index in [1.807, 2.05) is 42.5 Å². The number of nitrogens with one attached hydrogen (secondary N) is 2. The molecule has 5 rings (SSSR count). The average molecular weight is 338 g/mol. The SMILES string of the molecule is c1ccc(CC(c2nc3ccccc3[nH]2)c2nc3ccccc3[nH]2)cc1. The van der Waals surface area contributed by atoms with Crippen LogP contribution >= 0.6 is 0 Å². The maximum absolute atomic E-state index is 4.84. The molecule has 126 valence electrons. The normalized spacial score (nSPS) is 11.6. The van der Waals surface area contributed by atoms with Gasteiger partial charge in [-0.2, -0.15) is 0 Å². The quantitative estimate of drug-likeness (QED) is 0.494. The molecule has 0 fully saturated rings. The van der Waals surface area contributed by atoms with Crippen molar-refractivity contribution in [3.05, 3.63) is 96.1 Å². The summed E-state index contributed by atoms with van der Waals surface area (Å²) in [6.45, 7) is 0. The van der Waals surface area contributed by atoms with Gasteiger partial charge in [0.1, 0.15) is 11.6 Å². The minimum absolute atomic E-state index is 0.0391. The van der Waals surface area contributed by atoms with Gasteiger partial charge < -0.3 is 9.97 Å². The Morgan fingerprint density at radius 3 is 1.65 bits per heavy atom. The molecule has 0 aliphatic carbocycles. The Kier molecular flexibility index (Phi) is 3.53. The summed E-state index contributed by atoms with van der Waals surface area (Å²) in [6.07, 6.45) is 0.834. The number of benzene rings is 3. The van der Waals surface area contributed by atoms with Gasteiger partial charge in [0.15, 0.2) is 0 Å². The number of rotatable bonds is 4. The lowest BCUT2D eigenvalue weighted by atomic mass is 9.98. The highest BCUT2D eigenvalue weighted by Crippen LogP contribution is 2.28. The average Bonchev–Trinajstić information content (AvgIpc) is 3.30. The third-order valence-electron chi connectivity index (χ3n) is 4.76. The highest BCUT2D eigenvalue weighted by molar-refractivity contribution is 5.76. The zero-order valence-electron chi connectivity index (χ0n) is 14.2. The number of imidazole rings is 2. The maximum Gasteiger partial charge on any atom is 0.118 e. The van der Waals surface area contributed by atoms with Gasteiger partial charge in [0.25, 0.3) is 0 Å². The van der Waals surface area contributed by atoms with E-state index in [1.54, 1.807) is 0 Å². The first-order valence-corrected chi connectivity index (χ1v) is 8.80. The second-order valence-corrected chi connectivity index (χ2v) is 6.52. The third kappa shape index (κ3) is 2.65. The molecule has 0 atom stereocenters. The summed E-state index contributed by atoms with van der Waals surface area (Å²) < 4.78 is 0. The molecule has 4 nitrogen and oxygen atoms in total. The number of aromatic amines is 2. The lowest BCUT2D eigenvalue weighted by Crippen LogP contribution is -2.09. The van der Waals surface area contributed by atoms with Crippen molar-refractivity contribution in [3.8, 4) is 0 Å². The summed E-state index contributed by atoms with van der Waals surface area (Å²) in [7, 11) is 0. The van der Waals surface area contributed by atoms with Gasteiger partial charge in [-0.05, 0) is 36.2 Å². The summed E-state index contributed by atoms with van der Waals surface area (Å²) in [5.41, 5.74) is 5.33. The van der Waals surface area contributed by atoms with E-state index in [1.165, 1.54) is 5.56 Å². The van der Waals surface area contributed by atoms with Crippen LogP contribution in [0.5, 0.6) is 0 Å². The van der Waals surface area contributed by atoms with Crippen LogP contribution in [-0.2, 0) is 6.42 Å². The monoisotopic (exact) mass is 338 g/mol. The Morgan fingerprint density at radius 1 is 0.615 bits per heavy atom. The van der Waals surface area contributed by atoms with Gasteiger partial charge in [-0.25, -0.2) is 9.97 Å². The standard InChI is InChI=1S/C22H18N4/c1-2-8-15(9-3-1)14-16(21-23-17-10-4-5-11-18(17)24-21)22-25-19-12-6-7-13-20(19)26-22/h1-13,16H,14H2,(H,23,24)(H,25,26). The summed E-state index contributed by atoms with van der Waals surface area (Å²) in [5, 5.41) is 0. The summed E-state index contributed by atoms with van der Waals surface area (Å²) >= 11 is 0. The van der Waals surface area contributed by atoms with Gasteiger partial charge in [-0.3, -0.25) is 0 Å². The maximum atomic E-state index is 4.84. The molecule has 0 aliphatic rings. The van der Waals surface area contributed by atoms with Crippen molar-refractivity contribution in [2.75, 3.05) is 0 Å². The van der Waals surface area contributed by atoms with Gasteiger partial charge in [0, 0.05) is 0 Å². The van der Waals surface area contributed by atoms with Gasteiger partial charge in [0.2, 0.25) is 0 Å². The molecule has 2 heterocycles. The van der Waals surface area contributed by atoms with Gasteiger partial charge in [-0.15, -0.1) is 0 Å². The van der Waals surface area contributed by atoms with Crippen LogP contribution in [0.1, 0.15) is 23.1 Å². The Hall–Kier alpha value is -3.40. The summed E-state index contributed by atoms with van der Waals surface area (Å²) in [4.78, 5) is 16.7. The Morgan fingerprint density at radius 2 is 1.12 bits per heavy atom. The molecule has 0 saturated heterocycles. The van der Waals surface area contributed by atoms with Crippen LogP contribution in [0.4, 0.5) is 0 Å². The molecule has 0 saturated carbocycles. The molecule has 2 N–H and O–H groups in total. The van der Waals surface area contributed by atoms with Crippen molar-refractivity contribution >= 4 is 22.1 Å². The fourth-order valence-corrected chi connectivity index (χ4v) is 3.45. The van der Waals surface area contributed by atoms with E-state index >= 15 is 0 Å². The highest BCUT2D eigenvalue weighted by Gasteiger charge is 2.22. The molecule has 3 aromatic carbocycles. The molecule has 0 spiro atoms. The van der Waals surface area contributed by atoms with Crippen LogP contribution in [0.15, 0.2) is 78.9 Å². The van der Waals surface area contributed by atoms with Crippen LogP contribution < -0.4 is 0 Å². The molecule has 4 heteroatoms. The molecule has 0 bridgehead atoms. The molecule has 2 aromatic heterocycles. The van der Waals surface area contributed by atoms with Crippen molar-refractivity contribution in [2.45, 2.75) is 12.3 Å². The second-order valence-electron chi connectivity index (χ2n) is 6.52. The number of hydrogen-bond donors (Lipinski definition) is 2. The number of fused-ring (bicyclic) bond motifs is 2. The minimum Gasteiger partial charge on any atom is -0.341 e. The number of nitrogens with zero attached hydrogens (tertiary/aromatic N) is 2. The predicted octanol–water partition coefficient (Wildman–Crippen LogP) is 4.81. The molecule has 0 unspecified atom stereocenters. The van der Waals surface area contributed by atoms with E-state index in [0.717, 1.165) is 40.1 Å². The van der Waals surface area contributed by atoms with E-state index in [9.17, 15) is 0 Å². The Bertz CT molecular complexity index is 1030. The fraction of sp³-hybridized carbons (Fsp3) is 0.0909. The van der Waals surface area contributed by atoms with Gasteiger partial charge in [0.05, 0.1) is 28.0 Å². The number of hydrogen-bond acceptors (Lipinski definition) is 2. The molecular weight excluding hydrogens is 320 g/mol. The Balaban J connectivity index is 1.64. The van der Waals surface area contributed by atoms with Crippen LogP contribution in [0.2, 0.25) is 0 Å². The van der Waals surface area contributed by atoms with Crippen molar-refractivity contribution in [2.24, 2.45) is 0 Å². The van der Waals surface area contributed by atoms with E-state index < -0.39 is 0 Å². The highest BCUT2D eigenvalue weighted by atomic mass is 15.0. The third-order valence-corrected chi connectivity index (χ3v) is 4.76. The van der Waals surface area contributed by atoms with E-state index in [2.05, 4.69) is 46.4 Å². The van der Waals surface area contributed by atoms with Crippen LogP contribution in [0.3, 0.4) is 0 Å². The van der Waals surface area contributed by atoms with Gasteiger partial charge in [-0.1, -0.05) is 54.6 Å². The first-order chi connectivity index (χ1) is 12.9. The molecular formula is C22H18N4. The van der Waals surface area contributed by atoms with Crippen molar-refractivity contribution < 1.29 is 0 Å². The van der Waals surface area contributed by atoms with E-state index in [0.29, 0.717) is 0 Å². The molecule has 0 radical (unpaired) electrons. The molecule has 0 amide bonds. The van der Waals surface area contributed by atoms with Gasteiger partial charge >= 0.3 is 0 Å². The molecule has 0 aliphatic heterocycles. The largest absolute Gasteiger partial charge is 0.341 e. The van der Waals surface area contributed by atoms with Crippen molar-refractivity contribution in [1.29, 1.82) is 0 Å². The van der Waals surface area contributed by atoms with Crippen molar-refractivity contribution in [1.82, 2.24) is 19.9 Å². The summed E-state index contributed by atoms with van der Waals surface area (Å²) in [5.74, 6) is 1.92. The number of para-hydroxylation sites is 4. The van der Waals surface area contributed by atoms with Crippen molar-refractivity contribution in [3.63, 3.8) is 0 Å². The lowest BCUT2D eigenvalue weighted by Gasteiger charge is -2.12. The van der Waals surface area contributed by atoms with E-state index in [-0.39, 0.29) is 5.92 Å². The molecule has 5 aromatic rings. The zero-order valence-corrected chi connectivity index (χ0v) is 14.2. The fourth-order valence-electron chi connectivity index (χ4n) is 3.45. The topological polar surface area (TPSA) is 57.4 Å². The minimum atomic E-state index is 0.0391. The zero-order chi connectivity index (χ0) is 17.3. The Labute approximate surface area is 150 Å². The number of H-pyrrole nitrogens is 2. The predicted molar refractivity (Wildman–Crippen MR) is 104 cm³/mol. The van der Waals surface area contributed by atoms with Crippen LogP contribution in [0.25, 0.3) is 22.1 Å². The first kappa shape index (κ1) is 14.9. The van der Waals surface area contributed by atoms with E-state index in [4.69, 9.17) is 9.97 Å². The number of aromatic nitrogens is 4. The lowest BCUT2D eigenvalue weighted by molar-refractivity contribution is 0.714. The summed E-state index contributed by atoms with van der Waals surface area (Å²) in [6, 6.07) is 26.8. The first-order valence-electron chi connectivity index (χ1n) is 8.80. The second kappa shape index (κ2) is 6.15. The van der Waals surface area contributed by atoms with Crippen LogP contribution in [0, 0.1) is 0 Å². The van der Waals surface area contributed by atoms with Crippen LogP contribution in [-0.4, -0.2) is 19.9 Å². The molecule has 26 heavy (non-hydrogen) atoms. The smallest absolute Gasteiger partial charge is 0.118 e.